The molecule has 4 aromatic carbocycles. The van der Waals surface area contributed by atoms with Crippen molar-refractivity contribution in [1.82, 2.24) is 0 Å². The Morgan fingerprint density at radius 1 is 0.452 bits per heavy atom. The fourth-order valence-corrected chi connectivity index (χ4v) is 6.85. The van der Waals surface area contributed by atoms with Crippen LogP contribution in [-0.2, 0) is 6.42 Å². The van der Waals surface area contributed by atoms with Gasteiger partial charge < -0.3 is 0 Å². The fraction of sp³-hybridized carbons (Fsp3) is 0.0400. The molecule has 0 aliphatic heterocycles. The van der Waals surface area contributed by atoms with E-state index in [0.29, 0.717) is 14.3 Å². The molecule has 4 rings (SSSR count). The highest BCUT2D eigenvalue weighted by Gasteiger charge is 2.10. The van der Waals surface area contributed by atoms with Crippen LogP contribution in [-0.4, -0.2) is 0 Å². The Bertz CT molecular complexity index is 1100. The molecule has 0 saturated heterocycles. The Labute approximate surface area is 234 Å². The average Bonchev–Trinajstić information content (AvgIpc) is 2.76. The molecule has 0 aliphatic rings. The fourth-order valence-electron chi connectivity index (χ4n) is 3.31. The summed E-state index contributed by atoms with van der Waals surface area (Å²) in [4.78, 5) is 0. The summed E-state index contributed by atoms with van der Waals surface area (Å²) in [7, 11) is 0. The summed E-state index contributed by atoms with van der Waals surface area (Å²) in [6.45, 7) is 0. The molecule has 31 heavy (non-hydrogen) atoms. The van der Waals surface area contributed by atoms with Crippen LogP contribution in [0, 0.1) is 25.9 Å². The van der Waals surface area contributed by atoms with E-state index in [4.69, 9.17) is 0 Å². The van der Waals surface area contributed by atoms with Crippen molar-refractivity contribution in [2.45, 2.75) is 6.42 Å². The Kier molecular flexibility index (Phi) is 7.90. The summed E-state index contributed by atoms with van der Waals surface area (Å²) < 4.78 is 30.3. The van der Waals surface area contributed by atoms with E-state index in [1.54, 1.807) is 0 Å². The Morgan fingerprint density at radius 2 is 0.742 bits per heavy atom. The van der Waals surface area contributed by atoms with Crippen LogP contribution in [0.5, 0.6) is 0 Å². The molecule has 0 heterocycles. The normalized spacial score (nSPS) is 11.0. The van der Waals surface area contributed by atoms with Gasteiger partial charge in [0.2, 0.25) is 0 Å². The average molecular weight is 860 g/mol. The number of rotatable bonds is 4. The molecule has 0 amide bonds. The minimum atomic E-state index is -0.157. The predicted octanol–water partition coefficient (Wildman–Crippen LogP) is 9.31. The van der Waals surface area contributed by atoms with Crippen molar-refractivity contribution in [2.24, 2.45) is 0 Å². The first-order chi connectivity index (χ1) is 14.8. The van der Waals surface area contributed by atoms with Crippen LogP contribution < -0.4 is 0 Å². The zero-order valence-electron chi connectivity index (χ0n) is 15.9. The quantitative estimate of drug-likeness (QED) is 0.142. The Balaban J connectivity index is 1.51. The minimum absolute atomic E-state index is 0.157. The summed E-state index contributed by atoms with van der Waals surface area (Å²) in [6, 6.07) is 24.4. The molecular formula is C25H14F2I4. The molecule has 0 bridgehead atoms. The largest absolute Gasteiger partial charge is 0.205 e. The van der Waals surface area contributed by atoms with Gasteiger partial charge in [0.25, 0.3) is 0 Å². The van der Waals surface area contributed by atoms with Crippen LogP contribution in [0.2, 0.25) is 0 Å². The Morgan fingerprint density at radius 3 is 1.03 bits per heavy atom. The molecule has 0 saturated carbocycles. The molecule has 156 valence electrons. The van der Waals surface area contributed by atoms with Crippen molar-refractivity contribution in [1.29, 1.82) is 0 Å². The van der Waals surface area contributed by atoms with E-state index in [-0.39, 0.29) is 11.6 Å². The van der Waals surface area contributed by atoms with Crippen molar-refractivity contribution < 1.29 is 8.78 Å². The highest BCUT2D eigenvalue weighted by atomic mass is 127. The van der Waals surface area contributed by atoms with Crippen molar-refractivity contribution in [3.8, 4) is 22.3 Å². The topological polar surface area (TPSA) is 0 Å². The van der Waals surface area contributed by atoms with Gasteiger partial charge in [0.1, 0.15) is 11.6 Å². The molecule has 0 fully saturated rings. The highest BCUT2D eigenvalue weighted by Crippen LogP contribution is 2.29. The first-order valence-corrected chi connectivity index (χ1v) is 13.6. The van der Waals surface area contributed by atoms with Gasteiger partial charge in [-0.05, 0) is 154 Å². The molecule has 0 N–H and O–H groups in total. The molecule has 0 radical (unpaired) electrons. The summed E-state index contributed by atoms with van der Waals surface area (Å²) in [5, 5.41) is 0. The van der Waals surface area contributed by atoms with E-state index >= 15 is 0 Å². The maximum atomic E-state index is 13.9. The van der Waals surface area contributed by atoms with Gasteiger partial charge in [0, 0.05) is 0 Å². The monoisotopic (exact) mass is 860 g/mol. The van der Waals surface area contributed by atoms with Crippen LogP contribution >= 0.6 is 90.4 Å². The Hall–Kier alpha value is -0.340. The molecule has 0 aromatic heterocycles. The SMILES string of the molecule is Fc1c(I)cc(-c2ccc(Cc3ccc(-c4cc(I)c(F)c(I)c4)cc3)cc2)cc1I. The smallest absolute Gasteiger partial charge is 0.149 e. The second-order valence-electron chi connectivity index (χ2n) is 7.08. The van der Waals surface area contributed by atoms with Crippen molar-refractivity contribution >= 4 is 90.4 Å². The van der Waals surface area contributed by atoms with E-state index in [0.717, 1.165) is 28.7 Å². The first-order valence-electron chi connectivity index (χ1n) is 9.29. The van der Waals surface area contributed by atoms with E-state index in [1.165, 1.54) is 11.1 Å². The number of benzene rings is 4. The molecular weight excluding hydrogens is 846 g/mol. The lowest BCUT2D eigenvalue weighted by Crippen LogP contribution is -1.92. The number of hydrogen-bond donors (Lipinski definition) is 0. The lowest BCUT2D eigenvalue weighted by molar-refractivity contribution is 0.612. The van der Waals surface area contributed by atoms with Crippen molar-refractivity contribution in [3.05, 3.63) is 110 Å². The van der Waals surface area contributed by atoms with Crippen LogP contribution in [0.1, 0.15) is 11.1 Å². The maximum Gasteiger partial charge on any atom is 0.149 e. The summed E-state index contributed by atoms with van der Waals surface area (Å²) in [5.74, 6) is -0.315. The van der Waals surface area contributed by atoms with Crippen LogP contribution in [0.4, 0.5) is 8.78 Å². The van der Waals surface area contributed by atoms with E-state index in [2.05, 4.69) is 48.5 Å². The predicted molar refractivity (Wildman–Crippen MR) is 157 cm³/mol. The lowest BCUT2D eigenvalue weighted by atomic mass is 9.98. The molecule has 4 aromatic rings. The van der Waals surface area contributed by atoms with Gasteiger partial charge >= 0.3 is 0 Å². The number of halogens is 6. The van der Waals surface area contributed by atoms with E-state index in [1.807, 2.05) is 115 Å². The lowest BCUT2D eigenvalue weighted by Gasteiger charge is -2.09. The zero-order valence-corrected chi connectivity index (χ0v) is 24.5. The molecule has 0 nitrogen and oxygen atoms in total. The van der Waals surface area contributed by atoms with Crippen molar-refractivity contribution in [3.63, 3.8) is 0 Å². The molecule has 0 spiro atoms. The molecule has 0 aliphatic carbocycles. The zero-order chi connectivity index (χ0) is 22.1. The van der Waals surface area contributed by atoms with Gasteiger partial charge in [-0.1, -0.05) is 48.5 Å². The summed E-state index contributed by atoms with van der Waals surface area (Å²) >= 11 is 8.15. The van der Waals surface area contributed by atoms with Crippen molar-refractivity contribution in [2.75, 3.05) is 0 Å². The van der Waals surface area contributed by atoms with E-state index < -0.39 is 0 Å². The van der Waals surface area contributed by atoms with Gasteiger partial charge in [-0.25, -0.2) is 8.78 Å². The van der Waals surface area contributed by atoms with Gasteiger partial charge in [-0.3, -0.25) is 0 Å². The standard InChI is InChI=1S/C25H14F2I4/c26-24-20(28)10-18(11-21(24)29)16-5-1-14(2-6-16)9-15-3-7-17(8-4-15)19-12-22(30)25(27)23(31)13-19/h1-8,10-13H,9H2. The van der Waals surface area contributed by atoms with Gasteiger partial charge in [-0.2, -0.15) is 0 Å². The molecule has 0 unspecified atom stereocenters. The van der Waals surface area contributed by atoms with E-state index in [9.17, 15) is 8.78 Å². The van der Waals surface area contributed by atoms with Crippen LogP contribution in [0.25, 0.3) is 22.3 Å². The summed E-state index contributed by atoms with van der Waals surface area (Å²) in [5.41, 5.74) is 6.64. The third-order valence-corrected chi connectivity index (χ3v) is 8.09. The van der Waals surface area contributed by atoms with Crippen LogP contribution in [0.3, 0.4) is 0 Å². The second kappa shape index (κ2) is 10.3. The highest BCUT2D eigenvalue weighted by molar-refractivity contribution is 14.1. The third-order valence-electron chi connectivity index (χ3n) is 4.95. The maximum absolute atomic E-state index is 13.9. The number of hydrogen-bond acceptors (Lipinski definition) is 0. The van der Waals surface area contributed by atoms with Crippen LogP contribution in [0.15, 0.2) is 72.8 Å². The van der Waals surface area contributed by atoms with Gasteiger partial charge in [0.15, 0.2) is 0 Å². The van der Waals surface area contributed by atoms with Gasteiger partial charge in [0.05, 0.1) is 14.3 Å². The third kappa shape index (κ3) is 5.60. The molecule has 6 heteroatoms. The minimum Gasteiger partial charge on any atom is -0.205 e. The van der Waals surface area contributed by atoms with Gasteiger partial charge in [-0.15, -0.1) is 0 Å². The summed E-state index contributed by atoms with van der Waals surface area (Å²) in [6.07, 6.45) is 0.831. The first kappa shape index (κ1) is 23.8. The second-order valence-corrected chi connectivity index (χ2v) is 11.7. The molecule has 0 atom stereocenters.